The molecule has 0 fully saturated rings. The van der Waals surface area contributed by atoms with Gasteiger partial charge in [-0.3, -0.25) is 0 Å². The molecule has 0 bridgehead atoms. The second-order valence-corrected chi connectivity index (χ2v) is 5.40. The molecule has 1 heterocycles. The largest absolute Gasteiger partial charge is 0.354 e. The van der Waals surface area contributed by atoms with Crippen LogP contribution in [-0.4, -0.2) is 42.1 Å². The highest BCUT2D eigenvalue weighted by Gasteiger charge is 2.07. The van der Waals surface area contributed by atoms with E-state index in [1.54, 1.807) is 0 Å². The molecule has 0 aliphatic heterocycles. The molecular formula is C15H30N6. The fourth-order valence-electron chi connectivity index (χ4n) is 1.99. The van der Waals surface area contributed by atoms with Crippen molar-refractivity contribution in [1.29, 1.82) is 0 Å². The van der Waals surface area contributed by atoms with E-state index in [-0.39, 0.29) is 0 Å². The van der Waals surface area contributed by atoms with E-state index >= 15 is 0 Å². The molecule has 1 aromatic rings. The molecule has 120 valence electrons. The summed E-state index contributed by atoms with van der Waals surface area (Å²) >= 11 is 0. The Bertz CT molecular complexity index is 394. The first kappa shape index (κ1) is 17.5. The molecule has 0 amide bonds. The summed E-state index contributed by atoms with van der Waals surface area (Å²) in [4.78, 5) is 15.0. The van der Waals surface area contributed by atoms with E-state index in [1.807, 2.05) is 25.9 Å². The van der Waals surface area contributed by atoms with Gasteiger partial charge in [0.05, 0.1) is 0 Å². The van der Waals surface area contributed by atoms with Crippen molar-refractivity contribution in [2.75, 3.05) is 42.7 Å². The molecular weight excluding hydrogens is 264 g/mol. The van der Waals surface area contributed by atoms with E-state index < -0.39 is 0 Å². The zero-order valence-electron chi connectivity index (χ0n) is 13.9. The van der Waals surface area contributed by atoms with Gasteiger partial charge in [0, 0.05) is 27.2 Å². The fraction of sp³-hybridized carbons (Fsp3) is 0.800. The van der Waals surface area contributed by atoms with Crippen LogP contribution in [0.5, 0.6) is 0 Å². The van der Waals surface area contributed by atoms with E-state index in [0.717, 1.165) is 19.5 Å². The van der Waals surface area contributed by atoms with Crippen LogP contribution in [0, 0.1) is 0 Å². The molecule has 0 atom stereocenters. The Morgan fingerprint density at radius 2 is 1.43 bits per heavy atom. The van der Waals surface area contributed by atoms with E-state index in [0.29, 0.717) is 17.8 Å². The second kappa shape index (κ2) is 10.2. The van der Waals surface area contributed by atoms with Crippen molar-refractivity contribution in [2.24, 2.45) is 0 Å². The van der Waals surface area contributed by atoms with Crippen molar-refractivity contribution in [3.63, 3.8) is 0 Å². The van der Waals surface area contributed by atoms with Crippen molar-refractivity contribution in [3.8, 4) is 0 Å². The first-order valence-corrected chi connectivity index (χ1v) is 8.08. The van der Waals surface area contributed by atoms with Gasteiger partial charge in [-0.25, -0.2) is 0 Å². The van der Waals surface area contributed by atoms with Crippen molar-refractivity contribution < 1.29 is 0 Å². The summed E-state index contributed by atoms with van der Waals surface area (Å²) in [6.07, 6.45) is 7.72. The molecule has 1 aromatic heterocycles. The molecule has 0 aliphatic rings. The van der Waals surface area contributed by atoms with Crippen LogP contribution in [0.1, 0.15) is 52.4 Å². The molecule has 6 heteroatoms. The number of hydrogen-bond acceptors (Lipinski definition) is 6. The smallest absolute Gasteiger partial charge is 0.231 e. The Morgan fingerprint density at radius 3 is 2.05 bits per heavy atom. The van der Waals surface area contributed by atoms with Gasteiger partial charge in [-0.15, -0.1) is 0 Å². The number of rotatable bonds is 11. The Labute approximate surface area is 128 Å². The van der Waals surface area contributed by atoms with Gasteiger partial charge in [0.25, 0.3) is 0 Å². The van der Waals surface area contributed by atoms with Gasteiger partial charge >= 0.3 is 0 Å². The third-order valence-electron chi connectivity index (χ3n) is 3.17. The summed E-state index contributed by atoms with van der Waals surface area (Å²) in [7, 11) is 3.87. The first-order valence-electron chi connectivity index (χ1n) is 8.08. The molecule has 0 spiro atoms. The average molecular weight is 294 g/mol. The Kier molecular flexibility index (Phi) is 8.47. The van der Waals surface area contributed by atoms with Gasteiger partial charge in [-0.05, 0) is 13.3 Å². The lowest BCUT2D eigenvalue weighted by atomic mass is 10.1. The third kappa shape index (κ3) is 7.11. The Morgan fingerprint density at radius 1 is 0.810 bits per heavy atom. The highest BCUT2D eigenvalue weighted by molar-refractivity contribution is 5.42. The van der Waals surface area contributed by atoms with Gasteiger partial charge in [-0.2, -0.15) is 15.0 Å². The zero-order valence-corrected chi connectivity index (χ0v) is 13.9. The van der Waals surface area contributed by atoms with Crippen LogP contribution in [0.2, 0.25) is 0 Å². The monoisotopic (exact) mass is 294 g/mol. The van der Waals surface area contributed by atoms with Crippen LogP contribution in [-0.2, 0) is 0 Å². The Balaban J connectivity index is 2.42. The minimum Gasteiger partial charge on any atom is -0.354 e. The van der Waals surface area contributed by atoms with Crippen LogP contribution in [0.3, 0.4) is 0 Å². The van der Waals surface area contributed by atoms with Crippen molar-refractivity contribution in [3.05, 3.63) is 0 Å². The van der Waals surface area contributed by atoms with Crippen molar-refractivity contribution in [2.45, 2.75) is 52.4 Å². The van der Waals surface area contributed by atoms with E-state index in [1.165, 1.54) is 32.1 Å². The molecule has 6 nitrogen and oxygen atoms in total. The summed E-state index contributed by atoms with van der Waals surface area (Å²) in [5.41, 5.74) is 0. The summed E-state index contributed by atoms with van der Waals surface area (Å²) in [5, 5.41) is 6.44. The summed E-state index contributed by atoms with van der Waals surface area (Å²) < 4.78 is 0. The molecule has 0 aliphatic carbocycles. The molecule has 0 aromatic carbocycles. The third-order valence-corrected chi connectivity index (χ3v) is 3.17. The standard InChI is InChI=1S/C15H30N6/c1-5-7-8-9-10-11-12-17-14-18-13(16-6-2)19-15(20-14)21(3)4/h5-12H2,1-4H3,(H2,16,17,18,19,20). The van der Waals surface area contributed by atoms with Crippen molar-refractivity contribution in [1.82, 2.24) is 15.0 Å². The number of hydrogen-bond donors (Lipinski definition) is 2. The van der Waals surface area contributed by atoms with Crippen LogP contribution in [0.4, 0.5) is 17.8 Å². The highest BCUT2D eigenvalue weighted by atomic mass is 15.3. The number of aromatic nitrogens is 3. The van der Waals surface area contributed by atoms with Crippen LogP contribution < -0.4 is 15.5 Å². The molecule has 0 radical (unpaired) electrons. The van der Waals surface area contributed by atoms with E-state index in [9.17, 15) is 0 Å². The van der Waals surface area contributed by atoms with Gasteiger partial charge < -0.3 is 15.5 Å². The predicted molar refractivity (Wildman–Crippen MR) is 90.2 cm³/mol. The molecule has 0 saturated carbocycles. The summed E-state index contributed by atoms with van der Waals surface area (Å²) in [5.74, 6) is 1.95. The van der Waals surface area contributed by atoms with Gasteiger partial charge in [0.15, 0.2) is 0 Å². The highest BCUT2D eigenvalue weighted by Crippen LogP contribution is 2.12. The van der Waals surface area contributed by atoms with Gasteiger partial charge in [0.1, 0.15) is 0 Å². The number of unbranched alkanes of at least 4 members (excludes halogenated alkanes) is 5. The van der Waals surface area contributed by atoms with E-state index in [4.69, 9.17) is 0 Å². The normalized spacial score (nSPS) is 10.5. The topological polar surface area (TPSA) is 66.0 Å². The SMILES string of the molecule is CCCCCCCCNc1nc(NCC)nc(N(C)C)n1. The maximum atomic E-state index is 4.41. The first-order chi connectivity index (χ1) is 10.2. The van der Waals surface area contributed by atoms with Crippen LogP contribution in [0.15, 0.2) is 0 Å². The van der Waals surface area contributed by atoms with Crippen LogP contribution >= 0.6 is 0 Å². The van der Waals surface area contributed by atoms with Gasteiger partial charge in [-0.1, -0.05) is 39.0 Å². The molecule has 2 N–H and O–H groups in total. The van der Waals surface area contributed by atoms with E-state index in [2.05, 4.69) is 32.5 Å². The lowest BCUT2D eigenvalue weighted by Gasteiger charge is -2.13. The molecule has 21 heavy (non-hydrogen) atoms. The maximum Gasteiger partial charge on any atom is 0.231 e. The summed E-state index contributed by atoms with van der Waals surface area (Å²) in [6.45, 7) is 5.98. The fourth-order valence-corrected chi connectivity index (χ4v) is 1.99. The predicted octanol–water partition coefficient (Wildman–Crippen LogP) is 3.14. The van der Waals surface area contributed by atoms with Crippen molar-refractivity contribution >= 4 is 17.8 Å². The Hall–Kier alpha value is -1.59. The maximum absolute atomic E-state index is 4.41. The lowest BCUT2D eigenvalue weighted by molar-refractivity contribution is 0.616. The molecule has 0 saturated heterocycles. The zero-order chi connectivity index (χ0) is 15.5. The van der Waals surface area contributed by atoms with Gasteiger partial charge in [0.2, 0.25) is 17.8 Å². The number of anilines is 3. The molecule has 1 rings (SSSR count). The quantitative estimate of drug-likeness (QED) is 0.611. The number of nitrogens with one attached hydrogen (secondary N) is 2. The van der Waals surface area contributed by atoms with Crippen LogP contribution in [0.25, 0.3) is 0 Å². The minimum absolute atomic E-state index is 0.627. The number of nitrogens with zero attached hydrogens (tertiary/aromatic N) is 4. The average Bonchev–Trinajstić information content (AvgIpc) is 2.46. The second-order valence-electron chi connectivity index (χ2n) is 5.40. The summed E-state index contributed by atoms with van der Waals surface area (Å²) in [6, 6.07) is 0. The minimum atomic E-state index is 0.627. The molecule has 0 unspecified atom stereocenters. The lowest BCUT2D eigenvalue weighted by Crippen LogP contribution is -2.17.